The van der Waals surface area contributed by atoms with Crippen molar-refractivity contribution in [1.82, 2.24) is 5.32 Å². The zero-order valence-corrected chi connectivity index (χ0v) is 13.7. The number of hydrogen-bond donors (Lipinski definition) is 1. The molecule has 1 aliphatic rings. The monoisotopic (exact) mass is 363 g/mol. The number of halogens is 2. The van der Waals surface area contributed by atoms with Crippen molar-refractivity contribution < 1.29 is 4.79 Å². The molecule has 0 spiro atoms. The van der Waals surface area contributed by atoms with Crippen LogP contribution in [0.5, 0.6) is 0 Å². The Morgan fingerprint density at radius 1 is 1.19 bits per heavy atom. The first kappa shape index (κ1) is 14.6. The largest absolute Gasteiger partial charge is 0.351 e. The molecule has 2 nitrogen and oxygen atoms in total. The van der Waals surface area contributed by atoms with Gasteiger partial charge in [0.25, 0.3) is 0 Å². The van der Waals surface area contributed by atoms with E-state index in [9.17, 15) is 4.79 Å². The smallest absolute Gasteiger partial charge is 0.230 e. The van der Waals surface area contributed by atoms with Crippen molar-refractivity contribution in [3.63, 3.8) is 0 Å². The Labute approximate surface area is 137 Å². The Balaban J connectivity index is 1.69. The predicted molar refractivity (Wildman–Crippen MR) is 88.4 cm³/mol. The first-order chi connectivity index (χ1) is 10.1. The Morgan fingerprint density at radius 3 is 2.52 bits per heavy atom. The molecule has 1 amide bonds. The average molecular weight is 365 g/mol. The molecule has 2 aromatic rings. The zero-order valence-electron chi connectivity index (χ0n) is 11.4. The molecule has 0 saturated heterocycles. The van der Waals surface area contributed by atoms with Crippen LogP contribution in [0.2, 0.25) is 5.02 Å². The fraction of sp³-hybridized carbons (Fsp3) is 0.235. The Morgan fingerprint density at radius 2 is 1.90 bits per heavy atom. The molecule has 0 aliphatic heterocycles. The van der Waals surface area contributed by atoms with Crippen molar-refractivity contribution >= 4 is 33.4 Å². The van der Waals surface area contributed by atoms with E-state index in [0.717, 1.165) is 28.4 Å². The van der Waals surface area contributed by atoms with E-state index in [1.807, 2.05) is 48.5 Å². The molecule has 108 valence electrons. The minimum absolute atomic E-state index is 0.0904. The Kier molecular flexibility index (Phi) is 4.05. The van der Waals surface area contributed by atoms with E-state index in [0.29, 0.717) is 11.6 Å². The van der Waals surface area contributed by atoms with Gasteiger partial charge >= 0.3 is 0 Å². The quantitative estimate of drug-likeness (QED) is 0.853. The maximum absolute atomic E-state index is 12.5. The molecule has 0 radical (unpaired) electrons. The fourth-order valence-corrected chi connectivity index (χ4v) is 2.97. The van der Waals surface area contributed by atoms with Gasteiger partial charge in [0.05, 0.1) is 5.41 Å². The van der Waals surface area contributed by atoms with E-state index >= 15 is 0 Å². The number of hydrogen-bond acceptors (Lipinski definition) is 1. The summed E-state index contributed by atoms with van der Waals surface area (Å²) >= 11 is 9.44. The third-order valence-electron chi connectivity index (χ3n) is 3.93. The van der Waals surface area contributed by atoms with Crippen LogP contribution in [0.4, 0.5) is 0 Å². The number of rotatable bonds is 4. The SMILES string of the molecule is O=C(NCc1ccc(Br)cc1)C1(c2cccc(Cl)c2)CC1. The summed E-state index contributed by atoms with van der Waals surface area (Å²) in [5.74, 6) is 0.0904. The van der Waals surface area contributed by atoms with Crippen LogP contribution in [0.3, 0.4) is 0 Å². The first-order valence-electron chi connectivity index (χ1n) is 6.89. The van der Waals surface area contributed by atoms with Crippen LogP contribution >= 0.6 is 27.5 Å². The lowest BCUT2D eigenvalue weighted by atomic mass is 9.95. The van der Waals surface area contributed by atoms with Crippen LogP contribution in [0.1, 0.15) is 24.0 Å². The molecule has 1 fully saturated rings. The van der Waals surface area contributed by atoms with Crippen LogP contribution in [-0.2, 0) is 16.8 Å². The maximum atomic E-state index is 12.5. The molecule has 3 rings (SSSR count). The summed E-state index contributed by atoms with van der Waals surface area (Å²) in [7, 11) is 0. The van der Waals surface area contributed by atoms with Gasteiger partial charge in [-0.1, -0.05) is 51.8 Å². The number of carbonyl (C=O) groups is 1. The summed E-state index contributed by atoms with van der Waals surface area (Å²) < 4.78 is 1.04. The van der Waals surface area contributed by atoms with Gasteiger partial charge in [-0.15, -0.1) is 0 Å². The summed E-state index contributed by atoms with van der Waals surface area (Å²) in [4.78, 5) is 12.5. The second kappa shape index (κ2) is 5.82. The molecule has 2 aromatic carbocycles. The molecule has 0 aromatic heterocycles. The van der Waals surface area contributed by atoms with E-state index in [4.69, 9.17) is 11.6 Å². The lowest BCUT2D eigenvalue weighted by Gasteiger charge is -2.16. The van der Waals surface area contributed by atoms with Crippen LogP contribution in [0.25, 0.3) is 0 Å². The molecule has 0 heterocycles. The van der Waals surface area contributed by atoms with Gasteiger partial charge in [-0.25, -0.2) is 0 Å². The zero-order chi connectivity index (χ0) is 14.9. The standard InChI is InChI=1S/C17H15BrClNO/c18-14-6-4-12(5-7-14)11-20-16(21)17(8-9-17)13-2-1-3-15(19)10-13/h1-7,10H,8-9,11H2,(H,20,21). The average Bonchev–Trinajstić information content (AvgIpc) is 3.28. The number of benzene rings is 2. The molecule has 21 heavy (non-hydrogen) atoms. The van der Waals surface area contributed by atoms with Crippen molar-refractivity contribution in [2.24, 2.45) is 0 Å². The van der Waals surface area contributed by atoms with Gasteiger partial charge < -0.3 is 5.32 Å². The number of amides is 1. The highest BCUT2D eigenvalue weighted by molar-refractivity contribution is 9.10. The normalized spacial score (nSPS) is 15.5. The summed E-state index contributed by atoms with van der Waals surface area (Å²) in [6, 6.07) is 15.6. The second-order valence-electron chi connectivity index (χ2n) is 5.40. The predicted octanol–water partition coefficient (Wildman–Crippen LogP) is 4.45. The lowest BCUT2D eigenvalue weighted by molar-refractivity contribution is -0.123. The minimum Gasteiger partial charge on any atom is -0.351 e. The van der Waals surface area contributed by atoms with Crippen molar-refractivity contribution in [3.8, 4) is 0 Å². The van der Waals surface area contributed by atoms with Gasteiger partial charge in [-0.3, -0.25) is 4.79 Å². The molecule has 0 atom stereocenters. The van der Waals surface area contributed by atoms with Crippen LogP contribution in [-0.4, -0.2) is 5.91 Å². The van der Waals surface area contributed by atoms with Crippen LogP contribution in [0.15, 0.2) is 53.0 Å². The lowest BCUT2D eigenvalue weighted by Crippen LogP contribution is -2.34. The topological polar surface area (TPSA) is 29.1 Å². The van der Waals surface area contributed by atoms with Gasteiger partial charge in [0.1, 0.15) is 0 Å². The van der Waals surface area contributed by atoms with E-state index < -0.39 is 0 Å². The minimum atomic E-state index is -0.375. The summed E-state index contributed by atoms with van der Waals surface area (Å²) in [6.07, 6.45) is 1.78. The second-order valence-corrected chi connectivity index (χ2v) is 6.75. The van der Waals surface area contributed by atoms with Gasteiger partial charge in [0.15, 0.2) is 0 Å². The van der Waals surface area contributed by atoms with Crippen LogP contribution < -0.4 is 5.32 Å². The Hall–Kier alpha value is -1.32. The van der Waals surface area contributed by atoms with Crippen molar-refractivity contribution in [2.75, 3.05) is 0 Å². The molecule has 1 aliphatic carbocycles. The molecule has 4 heteroatoms. The van der Waals surface area contributed by atoms with Crippen molar-refractivity contribution in [2.45, 2.75) is 24.8 Å². The molecule has 1 saturated carbocycles. The Bertz CT molecular complexity index is 665. The highest BCUT2D eigenvalue weighted by Gasteiger charge is 2.51. The first-order valence-corrected chi connectivity index (χ1v) is 8.06. The van der Waals surface area contributed by atoms with E-state index in [-0.39, 0.29) is 11.3 Å². The van der Waals surface area contributed by atoms with E-state index in [1.165, 1.54) is 0 Å². The fourth-order valence-electron chi connectivity index (χ4n) is 2.51. The van der Waals surface area contributed by atoms with Gasteiger partial charge in [-0.2, -0.15) is 0 Å². The van der Waals surface area contributed by atoms with Crippen LogP contribution in [0, 0.1) is 0 Å². The summed E-state index contributed by atoms with van der Waals surface area (Å²) in [5.41, 5.74) is 1.73. The van der Waals surface area contributed by atoms with E-state index in [1.54, 1.807) is 0 Å². The summed E-state index contributed by atoms with van der Waals surface area (Å²) in [5, 5.41) is 3.72. The molecular weight excluding hydrogens is 350 g/mol. The third kappa shape index (κ3) is 3.14. The number of nitrogens with one attached hydrogen (secondary N) is 1. The number of carbonyl (C=O) groups excluding carboxylic acids is 1. The van der Waals surface area contributed by atoms with Crippen molar-refractivity contribution in [1.29, 1.82) is 0 Å². The molecule has 0 bridgehead atoms. The molecule has 1 N–H and O–H groups in total. The van der Waals surface area contributed by atoms with Gasteiger partial charge in [0.2, 0.25) is 5.91 Å². The van der Waals surface area contributed by atoms with Gasteiger partial charge in [-0.05, 0) is 48.2 Å². The third-order valence-corrected chi connectivity index (χ3v) is 4.69. The molecule has 0 unspecified atom stereocenters. The maximum Gasteiger partial charge on any atom is 0.230 e. The summed E-state index contributed by atoms with van der Waals surface area (Å²) in [6.45, 7) is 0.550. The van der Waals surface area contributed by atoms with Crippen molar-refractivity contribution in [3.05, 3.63) is 69.2 Å². The van der Waals surface area contributed by atoms with Gasteiger partial charge in [0, 0.05) is 16.0 Å². The molecular formula is C17H15BrClNO. The highest BCUT2D eigenvalue weighted by atomic mass is 79.9. The highest BCUT2D eigenvalue weighted by Crippen LogP contribution is 2.48. The van der Waals surface area contributed by atoms with E-state index in [2.05, 4.69) is 21.2 Å².